The molecule has 0 aromatic heterocycles. The number of carbonyl (C=O) groups is 2. The van der Waals surface area contributed by atoms with Crippen LogP contribution in [0.4, 0.5) is 9.59 Å². The standard InChI is InChI=1S/2C8H16N2O2/c2*1-6-3-4-9-5-7(6)10-8(11)12-2/h2*6-7,9H,3-5H2,1-2H3,(H,10,11)/t2*6-,7+/m10/s1. The van der Waals surface area contributed by atoms with Gasteiger partial charge in [-0.05, 0) is 37.8 Å². The molecule has 4 atom stereocenters. The van der Waals surface area contributed by atoms with Crippen molar-refractivity contribution in [1.29, 1.82) is 0 Å². The maximum absolute atomic E-state index is 10.9. The Hall–Kier alpha value is -1.54. The summed E-state index contributed by atoms with van der Waals surface area (Å²) < 4.78 is 9.05. The van der Waals surface area contributed by atoms with Crippen LogP contribution >= 0.6 is 0 Å². The van der Waals surface area contributed by atoms with Crippen LogP contribution in [-0.2, 0) is 9.47 Å². The van der Waals surface area contributed by atoms with Gasteiger partial charge in [-0.1, -0.05) is 13.8 Å². The number of nitrogens with one attached hydrogen (secondary N) is 4. The van der Waals surface area contributed by atoms with E-state index >= 15 is 0 Å². The molecule has 24 heavy (non-hydrogen) atoms. The van der Waals surface area contributed by atoms with Gasteiger partial charge in [-0.2, -0.15) is 0 Å². The van der Waals surface area contributed by atoms with E-state index in [4.69, 9.17) is 0 Å². The van der Waals surface area contributed by atoms with Crippen molar-refractivity contribution in [2.45, 2.75) is 38.8 Å². The topological polar surface area (TPSA) is 101 Å². The van der Waals surface area contributed by atoms with Gasteiger partial charge in [0.1, 0.15) is 0 Å². The highest BCUT2D eigenvalue weighted by molar-refractivity contribution is 5.67. The van der Waals surface area contributed by atoms with Gasteiger partial charge in [-0.3, -0.25) is 0 Å². The van der Waals surface area contributed by atoms with E-state index < -0.39 is 0 Å². The summed E-state index contributed by atoms with van der Waals surface area (Å²) in [5.41, 5.74) is 0. The normalized spacial score (nSPS) is 29.5. The number of methoxy groups -OCH3 is 2. The van der Waals surface area contributed by atoms with Gasteiger partial charge < -0.3 is 30.7 Å². The van der Waals surface area contributed by atoms with E-state index in [0.29, 0.717) is 11.8 Å². The molecule has 2 amide bonds. The highest BCUT2D eigenvalue weighted by Crippen LogP contribution is 2.11. The first-order valence-corrected chi connectivity index (χ1v) is 8.58. The highest BCUT2D eigenvalue weighted by atomic mass is 16.5. The lowest BCUT2D eigenvalue weighted by Crippen LogP contribution is -2.50. The van der Waals surface area contributed by atoms with Gasteiger partial charge in [-0.15, -0.1) is 0 Å². The van der Waals surface area contributed by atoms with Gasteiger partial charge in [-0.25, -0.2) is 9.59 Å². The summed E-state index contributed by atoms with van der Waals surface area (Å²) >= 11 is 0. The number of piperidine rings is 2. The Morgan fingerprint density at radius 3 is 1.50 bits per heavy atom. The Morgan fingerprint density at radius 1 is 0.833 bits per heavy atom. The monoisotopic (exact) mass is 344 g/mol. The molecule has 140 valence electrons. The predicted octanol–water partition coefficient (Wildman–Crippen LogP) is 0.681. The number of hydrogen-bond donors (Lipinski definition) is 4. The fourth-order valence-electron chi connectivity index (χ4n) is 2.79. The van der Waals surface area contributed by atoms with Crippen LogP contribution in [0.25, 0.3) is 0 Å². The van der Waals surface area contributed by atoms with Crippen LogP contribution in [0.2, 0.25) is 0 Å². The molecule has 2 heterocycles. The van der Waals surface area contributed by atoms with E-state index in [0.717, 1.165) is 39.0 Å². The third-order valence-electron chi connectivity index (χ3n) is 4.63. The number of hydrogen-bond acceptors (Lipinski definition) is 6. The second-order valence-electron chi connectivity index (χ2n) is 6.42. The first kappa shape index (κ1) is 20.5. The zero-order valence-electron chi connectivity index (χ0n) is 15.2. The van der Waals surface area contributed by atoms with Crippen LogP contribution in [0.1, 0.15) is 26.7 Å². The molecule has 8 heteroatoms. The summed E-state index contributed by atoms with van der Waals surface area (Å²) in [7, 11) is 2.77. The van der Waals surface area contributed by atoms with Crippen molar-refractivity contribution in [3.05, 3.63) is 0 Å². The van der Waals surface area contributed by atoms with Crippen LogP contribution in [-0.4, -0.2) is 64.7 Å². The predicted molar refractivity (Wildman–Crippen MR) is 92.0 cm³/mol. The van der Waals surface area contributed by atoms with Crippen molar-refractivity contribution < 1.29 is 19.1 Å². The molecule has 0 aromatic rings. The van der Waals surface area contributed by atoms with Gasteiger partial charge >= 0.3 is 12.2 Å². The molecule has 0 spiro atoms. The van der Waals surface area contributed by atoms with E-state index in [1.807, 2.05) is 0 Å². The maximum Gasteiger partial charge on any atom is 0.407 e. The minimum absolute atomic E-state index is 0.214. The minimum Gasteiger partial charge on any atom is -0.453 e. The lowest BCUT2D eigenvalue weighted by molar-refractivity contribution is 0.157. The summed E-state index contributed by atoms with van der Waals surface area (Å²) in [6.07, 6.45) is 1.54. The fourth-order valence-corrected chi connectivity index (χ4v) is 2.79. The highest BCUT2D eigenvalue weighted by Gasteiger charge is 2.23. The van der Waals surface area contributed by atoms with Gasteiger partial charge in [0, 0.05) is 25.2 Å². The Balaban J connectivity index is 0.000000240. The first-order chi connectivity index (χ1) is 11.5. The van der Waals surface area contributed by atoms with Crippen LogP contribution in [0.15, 0.2) is 0 Å². The summed E-state index contributed by atoms with van der Waals surface area (Å²) in [5, 5.41) is 12.0. The van der Waals surface area contributed by atoms with Crippen LogP contribution in [0.5, 0.6) is 0 Å². The lowest BCUT2D eigenvalue weighted by atomic mass is 9.95. The Labute approximate surface area is 144 Å². The van der Waals surface area contributed by atoms with Crippen molar-refractivity contribution in [3.8, 4) is 0 Å². The molecule has 4 N–H and O–H groups in total. The Kier molecular flexibility index (Phi) is 9.48. The molecule has 8 nitrogen and oxygen atoms in total. The first-order valence-electron chi connectivity index (χ1n) is 8.58. The van der Waals surface area contributed by atoms with Gasteiger partial charge in [0.25, 0.3) is 0 Å². The smallest absolute Gasteiger partial charge is 0.407 e. The third-order valence-corrected chi connectivity index (χ3v) is 4.63. The van der Waals surface area contributed by atoms with Gasteiger partial charge in [0.05, 0.1) is 14.2 Å². The summed E-state index contributed by atoms with van der Waals surface area (Å²) in [5.74, 6) is 1.07. The second-order valence-corrected chi connectivity index (χ2v) is 6.42. The van der Waals surface area contributed by atoms with Crippen LogP contribution in [0.3, 0.4) is 0 Å². The zero-order chi connectivity index (χ0) is 17.9. The van der Waals surface area contributed by atoms with E-state index in [1.165, 1.54) is 14.2 Å². The van der Waals surface area contributed by atoms with Gasteiger partial charge in [0.2, 0.25) is 0 Å². The molecule has 0 radical (unpaired) electrons. The molecular weight excluding hydrogens is 312 g/mol. The van der Waals surface area contributed by atoms with Crippen molar-refractivity contribution in [1.82, 2.24) is 21.3 Å². The molecule has 2 rings (SSSR count). The van der Waals surface area contributed by atoms with E-state index in [1.54, 1.807) is 0 Å². The van der Waals surface area contributed by atoms with Crippen LogP contribution in [0, 0.1) is 11.8 Å². The molecule has 0 aromatic carbocycles. The molecule has 0 saturated carbocycles. The summed E-state index contributed by atoms with van der Waals surface area (Å²) in [6, 6.07) is 0.428. The minimum atomic E-state index is -0.337. The van der Waals surface area contributed by atoms with E-state index in [2.05, 4.69) is 44.6 Å². The maximum atomic E-state index is 10.9. The molecular formula is C16H32N4O4. The number of carbonyl (C=O) groups excluding carboxylic acids is 2. The largest absolute Gasteiger partial charge is 0.453 e. The molecule has 2 saturated heterocycles. The molecule has 2 aliphatic rings. The molecule has 0 unspecified atom stereocenters. The lowest BCUT2D eigenvalue weighted by Gasteiger charge is -2.29. The average Bonchev–Trinajstić information content (AvgIpc) is 2.59. The number of amides is 2. The van der Waals surface area contributed by atoms with E-state index in [9.17, 15) is 9.59 Å². The number of ether oxygens (including phenoxy) is 2. The third kappa shape index (κ3) is 7.35. The molecule has 2 aliphatic heterocycles. The van der Waals surface area contributed by atoms with Crippen molar-refractivity contribution in [3.63, 3.8) is 0 Å². The summed E-state index contributed by atoms with van der Waals surface area (Å²) in [6.45, 7) is 8.05. The van der Waals surface area contributed by atoms with Crippen molar-refractivity contribution in [2.75, 3.05) is 40.4 Å². The van der Waals surface area contributed by atoms with E-state index in [-0.39, 0.29) is 24.3 Å². The Morgan fingerprint density at radius 2 is 1.21 bits per heavy atom. The van der Waals surface area contributed by atoms with Crippen LogP contribution < -0.4 is 21.3 Å². The molecule has 2 fully saturated rings. The SMILES string of the molecule is COC(=O)N[C@@H]1CNCC[C@@H]1C.COC(=O)N[C@H]1CNCC[C@H]1C. The fraction of sp³-hybridized carbons (Fsp3) is 0.875. The molecule has 0 aliphatic carbocycles. The zero-order valence-corrected chi connectivity index (χ0v) is 15.2. The molecule has 0 bridgehead atoms. The Bertz CT molecular complexity index is 358. The second kappa shape index (κ2) is 11.1. The quantitative estimate of drug-likeness (QED) is 0.588. The average molecular weight is 344 g/mol. The number of alkyl carbamates (subject to hydrolysis) is 2. The van der Waals surface area contributed by atoms with Crippen molar-refractivity contribution >= 4 is 12.2 Å². The van der Waals surface area contributed by atoms with Crippen molar-refractivity contribution in [2.24, 2.45) is 11.8 Å². The summed E-state index contributed by atoms with van der Waals surface area (Å²) in [4.78, 5) is 21.7. The number of rotatable bonds is 2. The van der Waals surface area contributed by atoms with Gasteiger partial charge in [0.15, 0.2) is 0 Å².